The molecule has 0 aliphatic carbocycles. The summed E-state index contributed by atoms with van der Waals surface area (Å²) < 4.78 is 4.41. The van der Waals surface area contributed by atoms with E-state index in [0.717, 1.165) is 17.9 Å². The Bertz CT molecular complexity index is 295. The van der Waals surface area contributed by atoms with Gasteiger partial charge in [0, 0.05) is 6.42 Å². The van der Waals surface area contributed by atoms with Gasteiger partial charge in [-0.3, -0.25) is 0 Å². The topological polar surface area (TPSA) is 0 Å². The molecule has 21 heavy (non-hydrogen) atoms. The molecule has 0 saturated heterocycles. The van der Waals surface area contributed by atoms with Gasteiger partial charge in [0.15, 0.2) is 0 Å². The summed E-state index contributed by atoms with van der Waals surface area (Å²) in [6.45, 7) is 7.56. The van der Waals surface area contributed by atoms with Crippen molar-refractivity contribution in [1.82, 2.24) is 0 Å². The Morgan fingerprint density at radius 3 is 1.10 bits per heavy atom. The molecule has 0 spiro atoms. The van der Waals surface area contributed by atoms with Crippen LogP contribution in [0.5, 0.6) is 0 Å². The molecule has 0 heterocycles. The first-order chi connectivity index (χ1) is 9.12. The molecule has 0 rings (SSSR count). The fourth-order valence-corrected chi connectivity index (χ4v) is 2.31. The van der Waals surface area contributed by atoms with Crippen LogP contribution in [-0.2, 0) is 0 Å². The lowest BCUT2D eigenvalue weighted by Crippen LogP contribution is -2.54. The Balaban J connectivity index is 4.16. The fraction of sp³-hybridized carbons (Fsp3) is 1.00. The molecule has 0 radical (unpaired) electrons. The van der Waals surface area contributed by atoms with Gasteiger partial charge in [0.25, 0.3) is 0 Å². The van der Waals surface area contributed by atoms with Crippen molar-refractivity contribution in [3.63, 3.8) is 0 Å². The highest BCUT2D eigenvalue weighted by Crippen LogP contribution is 2.06. The van der Waals surface area contributed by atoms with Gasteiger partial charge < -0.3 is 17.9 Å². The van der Waals surface area contributed by atoms with Crippen LogP contribution in [0.4, 0.5) is 0 Å². The molecule has 0 aromatic carbocycles. The summed E-state index contributed by atoms with van der Waals surface area (Å²) in [4.78, 5) is 0. The first-order valence-corrected chi connectivity index (χ1v) is 8.37. The maximum absolute atomic E-state index is 2.38. The molecule has 0 amide bonds. The van der Waals surface area contributed by atoms with Crippen molar-refractivity contribution < 1.29 is 17.9 Å². The second-order valence-corrected chi connectivity index (χ2v) is 10.1. The van der Waals surface area contributed by atoms with E-state index in [4.69, 9.17) is 0 Å². The van der Waals surface area contributed by atoms with Crippen LogP contribution in [0, 0.1) is 0 Å². The molecule has 0 N–H and O–H groups in total. The van der Waals surface area contributed by atoms with E-state index in [1.165, 1.54) is 45.7 Å². The van der Waals surface area contributed by atoms with Crippen molar-refractivity contribution in [3.05, 3.63) is 0 Å². The first kappa shape index (κ1) is 20.8. The Morgan fingerprint density at radius 2 is 0.714 bits per heavy atom. The maximum atomic E-state index is 2.38. The van der Waals surface area contributed by atoms with Gasteiger partial charge in [-0.05, 0) is 0 Å². The van der Waals surface area contributed by atoms with E-state index < -0.39 is 0 Å². The molecule has 4 nitrogen and oxygen atoms in total. The molecule has 0 fully saturated rings. The van der Waals surface area contributed by atoms with Crippen LogP contribution in [0.2, 0.25) is 0 Å². The van der Waals surface area contributed by atoms with E-state index in [9.17, 15) is 0 Å². The summed E-state index contributed by atoms with van der Waals surface area (Å²) >= 11 is 0. The standard InChI is InChI=1S/C17H44N4/c1-18(2,3)12-11-13-20(7,8)16-17-21(9,10)15-14-19(4,5)6/h11-17H2,1-10H3/q+4. The molecule has 0 aliphatic rings. The molecule has 0 bridgehead atoms. The van der Waals surface area contributed by atoms with Gasteiger partial charge in [-0.2, -0.15) is 0 Å². The maximum Gasteiger partial charge on any atom is 0.128 e. The normalized spacial score (nSPS) is 14.6. The van der Waals surface area contributed by atoms with E-state index in [2.05, 4.69) is 70.5 Å². The van der Waals surface area contributed by atoms with Gasteiger partial charge in [-0.25, -0.2) is 0 Å². The van der Waals surface area contributed by atoms with Crippen LogP contribution < -0.4 is 0 Å². The predicted molar refractivity (Wildman–Crippen MR) is 94.1 cm³/mol. The molecule has 128 valence electrons. The van der Waals surface area contributed by atoms with E-state index >= 15 is 0 Å². The fourth-order valence-electron chi connectivity index (χ4n) is 2.31. The molecule has 0 aromatic rings. The average molecular weight is 305 g/mol. The Labute approximate surface area is 134 Å². The lowest BCUT2D eigenvalue weighted by atomic mass is 10.3. The summed E-state index contributed by atoms with van der Waals surface area (Å²) in [7, 11) is 23.2. The highest BCUT2D eigenvalue weighted by molar-refractivity contribution is 4.40. The van der Waals surface area contributed by atoms with E-state index in [1.807, 2.05) is 0 Å². The zero-order valence-electron chi connectivity index (χ0n) is 16.7. The zero-order chi connectivity index (χ0) is 16.9. The number of hydrogen-bond donors (Lipinski definition) is 0. The van der Waals surface area contributed by atoms with Gasteiger partial charge >= 0.3 is 0 Å². The van der Waals surface area contributed by atoms with Crippen molar-refractivity contribution in [2.45, 2.75) is 6.42 Å². The van der Waals surface area contributed by atoms with Crippen molar-refractivity contribution in [2.24, 2.45) is 0 Å². The van der Waals surface area contributed by atoms with Gasteiger partial charge in [-0.15, -0.1) is 0 Å². The number of hydrogen-bond acceptors (Lipinski definition) is 0. The first-order valence-electron chi connectivity index (χ1n) is 8.37. The Morgan fingerprint density at radius 1 is 0.381 bits per heavy atom. The number of rotatable bonds is 10. The monoisotopic (exact) mass is 304 g/mol. The summed E-state index contributed by atoms with van der Waals surface area (Å²) in [5, 5.41) is 0. The minimum atomic E-state index is 1.06. The smallest absolute Gasteiger partial charge is 0.128 e. The van der Waals surface area contributed by atoms with Crippen molar-refractivity contribution in [3.8, 4) is 0 Å². The van der Waals surface area contributed by atoms with Crippen molar-refractivity contribution >= 4 is 0 Å². The molecule has 0 aromatic heterocycles. The van der Waals surface area contributed by atoms with Crippen LogP contribution in [0.25, 0.3) is 0 Å². The minimum absolute atomic E-state index is 1.06. The second kappa shape index (κ2) is 7.40. The van der Waals surface area contributed by atoms with Gasteiger partial charge in [-0.1, -0.05) is 0 Å². The second-order valence-electron chi connectivity index (χ2n) is 10.1. The quantitative estimate of drug-likeness (QED) is 0.527. The molecule has 0 unspecified atom stereocenters. The average Bonchev–Trinajstić information content (AvgIpc) is 2.21. The van der Waals surface area contributed by atoms with E-state index in [1.54, 1.807) is 0 Å². The minimum Gasteiger partial charge on any atom is -0.331 e. The third-order valence-electron chi connectivity index (χ3n) is 4.28. The summed E-state index contributed by atoms with van der Waals surface area (Å²) in [6, 6.07) is 0. The number of nitrogens with zero attached hydrogens (tertiary/aromatic N) is 4. The molecular formula is C17H44N4+4. The number of quaternary nitrogens is 4. The van der Waals surface area contributed by atoms with Crippen molar-refractivity contribution in [1.29, 1.82) is 0 Å². The van der Waals surface area contributed by atoms with Crippen LogP contribution in [0.1, 0.15) is 6.42 Å². The van der Waals surface area contributed by atoms with Crippen LogP contribution in [-0.4, -0.2) is 128 Å². The van der Waals surface area contributed by atoms with E-state index in [-0.39, 0.29) is 0 Å². The highest BCUT2D eigenvalue weighted by atomic mass is 15.4. The zero-order valence-corrected chi connectivity index (χ0v) is 16.7. The highest BCUT2D eigenvalue weighted by Gasteiger charge is 2.25. The third kappa shape index (κ3) is 13.2. The van der Waals surface area contributed by atoms with Gasteiger partial charge in [0.05, 0.1) is 83.6 Å². The summed E-state index contributed by atoms with van der Waals surface area (Å²) in [5.74, 6) is 0. The SMILES string of the molecule is C[N+](C)(C)CCC[N+](C)(C)CC[N+](C)(C)CC[N+](C)(C)C. The van der Waals surface area contributed by atoms with Crippen molar-refractivity contribution in [2.75, 3.05) is 110 Å². The van der Waals surface area contributed by atoms with Crippen LogP contribution >= 0.6 is 0 Å². The molecule has 4 heteroatoms. The lowest BCUT2D eigenvalue weighted by molar-refractivity contribution is -0.964. The third-order valence-corrected chi connectivity index (χ3v) is 4.28. The Kier molecular flexibility index (Phi) is 7.35. The van der Waals surface area contributed by atoms with Crippen LogP contribution in [0.3, 0.4) is 0 Å². The van der Waals surface area contributed by atoms with Crippen LogP contribution in [0.15, 0.2) is 0 Å². The number of likely N-dealkylation sites (N-methyl/N-ethyl adjacent to an activating group) is 3. The molecular weight excluding hydrogens is 260 g/mol. The lowest BCUT2D eigenvalue weighted by Gasteiger charge is -2.37. The molecule has 0 aliphatic heterocycles. The summed E-state index contributed by atoms with van der Waals surface area (Å²) in [5.41, 5.74) is 0. The Hall–Kier alpha value is -0.160. The molecule has 0 atom stereocenters. The molecule has 0 saturated carbocycles. The van der Waals surface area contributed by atoms with Gasteiger partial charge in [0.2, 0.25) is 0 Å². The van der Waals surface area contributed by atoms with Gasteiger partial charge in [0.1, 0.15) is 26.2 Å². The predicted octanol–water partition coefficient (Wildman–Crippen LogP) is 0.942. The van der Waals surface area contributed by atoms with E-state index in [0.29, 0.717) is 0 Å². The largest absolute Gasteiger partial charge is 0.331 e. The summed E-state index contributed by atoms with van der Waals surface area (Å²) in [6.07, 6.45) is 1.31.